The van der Waals surface area contributed by atoms with Crippen LogP contribution in [0.25, 0.3) is 11.4 Å². The summed E-state index contributed by atoms with van der Waals surface area (Å²) in [4.78, 5) is 13.1. The molecule has 0 spiro atoms. The molecule has 2 aromatic heterocycles. The van der Waals surface area contributed by atoms with Gasteiger partial charge in [0.1, 0.15) is 23.1 Å². The van der Waals surface area contributed by atoms with Crippen molar-refractivity contribution in [1.29, 1.82) is 0 Å². The molecule has 6 nitrogen and oxygen atoms in total. The molecule has 7 heteroatoms. The summed E-state index contributed by atoms with van der Waals surface area (Å²) in [7, 11) is 0. The van der Waals surface area contributed by atoms with E-state index in [0.717, 1.165) is 0 Å². The second kappa shape index (κ2) is 7.90. The Hall–Kier alpha value is -3.06. The Balaban J connectivity index is 2.01. The van der Waals surface area contributed by atoms with E-state index in [1.165, 1.54) is 6.07 Å². The molecule has 28 heavy (non-hydrogen) atoms. The van der Waals surface area contributed by atoms with Crippen molar-refractivity contribution < 1.29 is 9.50 Å². The highest BCUT2D eigenvalue weighted by Crippen LogP contribution is 2.26. The summed E-state index contributed by atoms with van der Waals surface area (Å²) in [6.45, 7) is 7.34. The summed E-state index contributed by atoms with van der Waals surface area (Å²) in [5, 5.41) is 16.6. The van der Waals surface area contributed by atoms with Crippen LogP contribution in [0.3, 0.4) is 0 Å². The molecule has 0 aliphatic carbocycles. The van der Waals surface area contributed by atoms with Gasteiger partial charge in [0.2, 0.25) is 0 Å². The van der Waals surface area contributed by atoms with Gasteiger partial charge in [-0.25, -0.2) is 14.4 Å². The van der Waals surface area contributed by atoms with Crippen LogP contribution in [0.2, 0.25) is 0 Å². The van der Waals surface area contributed by atoms with E-state index in [9.17, 15) is 9.50 Å². The predicted octanol–water partition coefficient (Wildman–Crippen LogP) is 4.47. The molecule has 0 bridgehead atoms. The van der Waals surface area contributed by atoms with Crippen LogP contribution in [-0.2, 0) is 5.60 Å². The SMILES string of the molecule is CC(C)Nc1cc(Nc2ccnc(C(C)(C)O)c2)nc(-c2ccccc2F)n1. The molecule has 146 valence electrons. The minimum Gasteiger partial charge on any atom is -0.384 e. The largest absolute Gasteiger partial charge is 0.384 e. The minimum absolute atomic E-state index is 0.152. The van der Waals surface area contributed by atoms with Gasteiger partial charge in [-0.05, 0) is 52.0 Å². The number of pyridine rings is 1. The third-order valence-electron chi connectivity index (χ3n) is 3.94. The summed E-state index contributed by atoms with van der Waals surface area (Å²) in [5.41, 5.74) is 0.499. The molecule has 3 aromatic rings. The van der Waals surface area contributed by atoms with Gasteiger partial charge < -0.3 is 15.7 Å². The number of nitrogens with one attached hydrogen (secondary N) is 2. The van der Waals surface area contributed by atoms with Crippen molar-refractivity contribution >= 4 is 17.3 Å². The average Bonchev–Trinajstić information content (AvgIpc) is 2.61. The molecule has 0 amide bonds. The Bertz CT molecular complexity index is 969. The summed E-state index contributed by atoms with van der Waals surface area (Å²) < 4.78 is 14.3. The molecule has 0 aliphatic heterocycles. The summed E-state index contributed by atoms with van der Waals surface area (Å²) >= 11 is 0. The lowest BCUT2D eigenvalue weighted by atomic mass is 10.0. The van der Waals surface area contributed by atoms with E-state index in [0.29, 0.717) is 28.6 Å². The molecule has 2 heterocycles. The van der Waals surface area contributed by atoms with Crippen LogP contribution in [0.4, 0.5) is 21.7 Å². The van der Waals surface area contributed by atoms with Gasteiger partial charge in [0, 0.05) is 24.0 Å². The number of hydrogen-bond acceptors (Lipinski definition) is 6. The molecule has 0 saturated heterocycles. The molecule has 0 aliphatic rings. The summed E-state index contributed by atoms with van der Waals surface area (Å²) in [5.74, 6) is 0.984. The number of halogens is 1. The number of aromatic nitrogens is 3. The maximum Gasteiger partial charge on any atom is 0.166 e. The average molecular weight is 381 g/mol. The zero-order valence-corrected chi connectivity index (χ0v) is 16.4. The zero-order valence-electron chi connectivity index (χ0n) is 16.4. The Kier molecular flexibility index (Phi) is 5.56. The molecule has 0 fully saturated rings. The number of benzene rings is 1. The van der Waals surface area contributed by atoms with Gasteiger partial charge in [-0.2, -0.15) is 0 Å². The van der Waals surface area contributed by atoms with Crippen LogP contribution in [-0.4, -0.2) is 26.1 Å². The van der Waals surface area contributed by atoms with Gasteiger partial charge in [0.15, 0.2) is 5.82 Å². The molecular weight excluding hydrogens is 357 g/mol. The monoisotopic (exact) mass is 381 g/mol. The second-order valence-electron chi connectivity index (χ2n) is 7.35. The first-order chi connectivity index (χ1) is 13.2. The van der Waals surface area contributed by atoms with Crippen molar-refractivity contribution in [3.05, 3.63) is 60.2 Å². The zero-order chi connectivity index (χ0) is 20.3. The normalized spacial score (nSPS) is 11.5. The molecule has 1 aromatic carbocycles. The van der Waals surface area contributed by atoms with Crippen molar-refractivity contribution in [2.45, 2.75) is 39.3 Å². The van der Waals surface area contributed by atoms with Crippen LogP contribution < -0.4 is 10.6 Å². The molecule has 0 atom stereocenters. The number of hydrogen-bond donors (Lipinski definition) is 3. The lowest BCUT2D eigenvalue weighted by Gasteiger charge is -2.18. The fourth-order valence-corrected chi connectivity index (χ4v) is 2.63. The summed E-state index contributed by atoms with van der Waals surface area (Å²) in [6, 6.07) is 11.8. The first-order valence-electron chi connectivity index (χ1n) is 9.09. The van der Waals surface area contributed by atoms with Crippen molar-refractivity contribution in [1.82, 2.24) is 15.0 Å². The quantitative estimate of drug-likeness (QED) is 0.584. The van der Waals surface area contributed by atoms with Crippen LogP contribution in [0.5, 0.6) is 0 Å². The minimum atomic E-state index is -1.06. The molecule has 3 rings (SSSR count). The van der Waals surface area contributed by atoms with Gasteiger partial charge >= 0.3 is 0 Å². The molecule has 0 saturated carbocycles. The predicted molar refractivity (Wildman–Crippen MR) is 109 cm³/mol. The molecule has 0 unspecified atom stereocenters. The third kappa shape index (κ3) is 4.80. The number of rotatable bonds is 6. The van der Waals surface area contributed by atoms with E-state index in [2.05, 4.69) is 25.6 Å². The van der Waals surface area contributed by atoms with Gasteiger partial charge in [-0.1, -0.05) is 12.1 Å². The third-order valence-corrected chi connectivity index (χ3v) is 3.94. The fraction of sp³-hybridized carbons (Fsp3) is 0.286. The maximum absolute atomic E-state index is 14.3. The van der Waals surface area contributed by atoms with Crippen LogP contribution in [0.1, 0.15) is 33.4 Å². The van der Waals surface area contributed by atoms with Gasteiger partial charge in [0.25, 0.3) is 0 Å². The highest BCUT2D eigenvalue weighted by atomic mass is 19.1. The Morgan fingerprint density at radius 1 is 1.04 bits per heavy atom. The van der Waals surface area contributed by atoms with Gasteiger partial charge in [-0.15, -0.1) is 0 Å². The van der Waals surface area contributed by atoms with Crippen molar-refractivity contribution in [2.75, 3.05) is 10.6 Å². The van der Waals surface area contributed by atoms with Crippen molar-refractivity contribution in [3.63, 3.8) is 0 Å². The standard InChI is InChI=1S/C21H24FN5O/c1-13(2)24-18-12-19(25-14-9-10-23-17(11-14)21(3,4)28)27-20(26-18)15-7-5-6-8-16(15)22/h5-13,28H,1-4H3,(H2,23,24,25,26,27). The Morgan fingerprint density at radius 2 is 1.75 bits per heavy atom. The van der Waals surface area contributed by atoms with Gasteiger partial charge in [0.05, 0.1) is 11.3 Å². The fourth-order valence-electron chi connectivity index (χ4n) is 2.63. The Labute approximate surface area is 163 Å². The highest BCUT2D eigenvalue weighted by Gasteiger charge is 2.18. The van der Waals surface area contributed by atoms with Crippen LogP contribution >= 0.6 is 0 Å². The smallest absolute Gasteiger partial charge is 0.166 e. The molecule has 0 radical (unpaired) electrons. The van der Waals surface area contributed by atoms with Crippen molar-refractivity contribution in [2.24, 2.45) is 0 Å². The maximum atomic E-state index is 14.3. The second-order valence-corrected chi connectivity index (χ2v) is 7.35. The van der Waals surface area contributed by atoms with Crippen molar-refractivity contribution in [3.8, 4) is 11.4 Å². The summed E-state index contributed by atoms with van der Waals surface area (Å²) in [6.07, 6.45) is 1.61. The number of aliphatic hydroxyl groups is 1. The first kappa shape index (κ1) is 19.7. The highest BCUT2D eigenvalue weighted by molar-refractivity contribution is 5.65. The molecular formula is C21H24FN5O. The van der Waals surface area contributed by atoms with E-state index in [1.807, 2.05) is 13.8 Å². The van der Waals surface area contributed by atoms with E-state index < -0.39 is 5.60 Å². The lowest BCUT2D eigenvalue weighted by Crippen LogP contribution is -2.17. The van der Waals surface area contributed by atoms with E-state index in [4.69, 9.17) is 0 Å². The number of anilines is 3. The van der Waals surface area contributed by atoms with Crippen LogP contribution in [0.15, 0.2) is 48.7 Å². The first-order valence-corrected chi connectivity index (χ1v) is 9.09. The number of nitrogens with zero attached hydrogens (tertiary/aromatic N) is 3. The van der Waals surface area contributed by atoms with E-state index in [-0.39, 0.29) is 17.7 Å². The van der Waals surface area contributed by atoms with E-state index in [1.54, 1.807) is 56.4 Å². The Morgan fingerprint density at radius 3 is 2.43 bits per heavy atom. The topological polar surface area (TPSA) is 83.0 Å². The van der Waals surface area contributed by atoms with Gasteiger partial charge in [-0.3, -0.25) is 4.98 Å². The lowest BCUT2D eigenvalue weighted by molar-refractivity contribution is 0.0739. The molecule has 3 N–H and O–H groups in total. The van der Waals surface area contributed by atoms with Crippen LogP contribution in [0, 0.1) is 5.82 Å². The van der Waals surface area contributed by atoms with E-state index >= 15 is 0 Å².